The van der Waals surface area contributed by atoms with E-state index in [4.69, 9.17) is 11.6 Å². The molecule has 0 fully saturated rings. The number of rotatable bonds is 5. The molecule has 0 aliphatic rings. The zero-order valence-corrected chi connectivity index (χ0v) is 13.0. The summed E-state index contributed by atoms with van der Waals surface area (Å²) in [5, 5.41) is 3.33. The molecule has 0 atom stereocenters. The van der Waals surface area contributed by atoms with Crippen molar-refractivity contribution in [2.24, 2.45) is 0 Å². The summed E-state index contributed by atoms with van der Waals surface area (Å²) in [6, 6.07) is 14.3. The molecular formula is C16H14ClNO2S. The summed E-state index contributed by atoms with van der Waals surface area (Å²) >= 11 is 7.23. The fraction of sp³-hybridized carbons (Fsp3) is 0.125. The molecule has 5 heteroatoms. The highest BCUT2D eigenvalue weighted by molar-refractivity contribution is 8.00. The average Bonchev–Trinajstić information content (AvgIpc) is 2.45. The van der Waals surface area contributed by atoms with Gasteiger partial charge in [-0.2, -0.15) is 0 Å². The van der Waals surface area contributed by atoms with E-state index in [1.54, 1.807) is 24.3 Å². The van der Waals surface area contributed by atoms with E-state index in [9.17, 15) is 9.59 Å². The molecule has 0 heterocycles. The van der Waals surface area contributed by atoms with Gasteiger partial charge in [-0.3, -0.25) is 9.59 Å². The van der Waals surface area contributed by atoms with Gasteiger partial charge in [-0.25, -0.2) is 0 Å². The largest absolute Gasteiger partial charge is 0.326 e. The van der Waals surface area contributed by atoms with Gasteiger partial charge in [-0.05, 0) is 42.5 Å². The fourth-order valence-electron chi connectivity index (χ4n) is 1.73. The van der Waals surface area contributed by atoms with Crippen molar-refractivity contribution in [2.45, 2.75) is 11.8 Å². The van der Waals surface area contributed by atoms with Crippen LogP contribution in [-0.2, 0) is 4.79 Å². The first-order valence-electron chi connectivity index (χ1n) is 6.34. The van der Waals surface area contributed by atoms with E-state index in [-0.39, 0.29) is 11.7 Å². The van der Waals surface area contributed by atoms with Crippen LogP contribution in [0.2, 0.25) is 5.02 Å². The summed E-state index contributed by atoms with van der Waals surface area (Å²) in [5.74, 6) is 0.265. The van der Waals surface area contributed by atoms with Crippen molar-refractivity contribution in [2.75, 3.05) is 11.1 Å². The standard InChI is InChI=1S/C16H14ClNO2S/c1-11(19)18-14-3-2-4-15(9-14)21-10-16(20)12-5-7-13(17)8-6-12/h2-9H,10H2,1H3,(H,18,19). The van der Waals surface area contributed by atoms with Crippen LogP contribution in [0.5, 0.6) is 0 Å². The first-order chi connectivity index (χ1) is 10.0. The predicted molar refractivity (Wildman–Crippen MR) is 87.3 cm³/mol. The maximum absolute atomic E-state index is 12.1. The molecular weight excluding hydrogens is 306 g/mol. The highest BCUT2D eigenvalue weighted by atomic mass is 35.5. The number of ketones is 1. The molecule has 21 heavy (non-hydrogen) atoms. The zero-order valence-electron chi connectivity index (χ0n) is 11.4. The van der Waals surface area contributed by atoms with Crippen LogP contribution in [0, 0.1) is 0 Å². The molecule has 0 saturated carbocycles. The number of carbonyl (C=O) groups is 2. The second kappa shape index (κ2) is 7.29. The van der Waals surface area contributed by atoms with Crippen LogP contribution in [0.3, 0.4) is 0 Å². The van der Waals surface area contributed by atoms with Gasteiger partial charge in [-0.1, -0.05) is 17.7 Å². The SMILES string of the molecule is CC(=O)Nc1cccc(SCC(=O)c2ccc(Cl)cc2)c1. The fourth-order valence-corrected chi connectivity index (χ4v) is 2.71. The molecule has 0 aliphatic heterocycles. The number of hydrogen-bond acceptors (Lipinski definition) is 3. The van der Waals surface area contributed by atoms with Gasteiger partial charge in [0.15, 0.2) is 5.78 Å². The number of thioether (sulfide) groups is 1. The van der Waals surface area contributed by atoms with Crippen LogP contribution in [0.1, 0.15) is 17.3 Å². The van der Waals surface area contributed by atoms with Crippen LogP contribution >= 0.6 is 23.4 Å². The minimum absolute atomic E-state index is 0.0431. The van der Waals surface area contributed by atoms with Crippen LogP contribution in [0.4, 0.5) is 5.69 Å². The number of anilines is 1. The molecule has 3 nitrogen and oxygen atoms in total. The normalized spacial score (nSPS) is 10.2. The summed E-state index contributed by atoms with van der Waals surface area (Å²) in [5.41, 5.74) is 1.37. The molecule has 108 valence electrons. The van der Waals surface area contributed by atoms with Crippen molar-refractivity contribution in [3.63, 3.8) is 0 Å². The van der Waals surface area contributed by atoms with Crippen molar-refractivity contribution in [1.82, 2.24) is 0 Å². The van der Waals surface area contributed by atoms with E-state index in [1.807, 2.05) is 24.3 Å². The Balaban J connectivity index is 1.97. The molecule has 0 unspecified atom stereocenters. The number of hydrogen-bond donors (Lipinski definition) is 1. The summed E-state index contributed by atoms with van der Waals surface area (Å²) < 4.78 is 0. The van der Waals surface area contributed by atoms with Crippen molar-refractivity contribution in [1.29, 1.82) is 0 Å². The maximum Gasteiger partial charge on any atom is 0.221 e. The van der Waals surface area contributed by atoms with Gasteiger partial charge in [0.1, 0.15) is 0 Å². The Bertz CT molecular complexity index is 656. The molecule has 0 aliphatic carbocycles. The quantitative estimate of drug-likeness (QED) is 0.661. The number of Topliss-reactive ketones (excluding diaryl/α,β-unsaturated/α-hetero) is 1. The van der Waals surface area contributed by atoms with E-state index in [2.05, 4.69) is 5.32 Å². The predicted octanol–water partition coefficient (Wildman–Crippen LogP) is 4.27. The molecule has 0 radical (unpaired) electrons. The van der Waals surface area contributed by atoms with Crippen LogP contribution in [0.25, 0.3) is 0 Å². The van der Waals surface area contributed by atoms with E-state index in [0.717, 1.165) is 10.6 Å². The molecule has 0 spiro atoms. The van der Waals surface area contributed by atoms with E-state index < -0.39 is 0 Å². The molecule has 0 aromatic heterocycles. The maximum atomic E-state index is 12.1. The van der Waals surface area contributed by atoms with E-state index in [1.165, 1.54) is 18.7 Å². The monoisotopic (exact) mass is 319 g/mol. The van der Waals surface area contributed by atoms with Gasteiger partial charge >= 0.3 is 0 Å². The third-order valence-electron chi connectivity index (χ3n) is 2.69. The highest BCUT2D eigenvalue weighted by Gasteiger charge is 2.07. The lowest BCUT2D eigenvalue weighted by Gasteiger charge is -2.05. The molecule has 2 aromatic rings. The van der Waals surface area contributed by atoms with E-state index >= 15 is 0 Å². The number of nitrogens with one attached hydrogen (secondary N) is 1. The van der Waals surface area contributed by atoms with Crippen LogP contribution in [-0.4, -0.2) is 17.4 Å². The molecule has 1 N–H and O–H groups in total. The Morgan fingerprint density at radius 1 is 1.14 bits per heavy atom. The lowest BCUT2D eigenvalue weighted by molar-refractivity contribution is -0.114. The van der Waals surface area contributed by atoms with Gasteiger partial charge < -0.3 is 5.32 Å². The second-order valence-electron chi connectivity index (χ2n) is 4.43. The molecule has 2 aromatic carbocycles. The van der Waals surface area contributed by atoms with Gasteiger partial charge in [-0.15, -0.1) is 11.8 Å². The van der Waals surface area contributed by atoms with Crippen molar-refractivity contribution >= 4 is 40.7 Å². The van der Waals surface area contributed by atoms with Crippen molar-refractivity contribution in [3.05, 3.63) is 59.1 Å². The first kappa shape index (κ1) is 15.6. The van der Waals surface area contributed by atoms with Crippen molar-refractivity contribution in [3.8, 4) is 0 Å². The van der Waals surface area contributed by atoms with Gasteiger partial charge in [0, 0.05) is 28.1 Å². The van der Waals surface area contributed by atoms with E-state index in [0.29, 0.717) is 16.3 Å². The Morgan fingerprint density at radius 3 is 2.52 bits per heavy atom. The number of benzene rings is 2. The Kier molecular flexibility index (Phi) is 5.42. The lowest BCUT2D eigenvalue weighted by Crippen LogP contribution is -2.05. The summed E-state index contributed by atoms with van der Waals surface area (Å²) in [6.07, 6.45) is 0. The van der Waals surface area contributed by atoms with Gasteiger partial charge in [0.2, 0.25) is 5.91 Å². The van der Waals surface area contributed by atoms with Gasteiger partial charge in [0.05, 0.1) is 5.75 Å². The van der Waals surface area contributed by atoms with Crippen LogP contribution < -0.4 is 5.32 Å². The summed E-state index contributed by atoms with van der Waals surface area (Å²) in [4.78, 5) is 24.0. The third kappa shape index (κ3) is 4.92. The summed E-state index contributed by atoms with van der Waals surface area (Å²) in [7, 11) is 0. The smallest absolute Gasteiger partial charge is 0.221 e. The highest BCUT2D eigenvalue weighted by Crippen LogP contribution is 2.23. The molecule has 0 bridgehead atoms. The average molecular weight is 320 g/mol. The molecule has 0 saturated heterocycles. The third-order valence-corrected chi connectivity index (χ3v) is 3.94. The number of amides is 1. The minimum atomic E-state index is -0.116. The molecule has 2 rings (SSSR count). The number of carbonyl (C=O) groups excluding carboxylic acids is 2. The van der Waals surface area contributed by atoms with Gasteiger partial charge in [0.25, 0.3) is 0 Å². The first-order valence-corrected chi connectivity index (χ1v) is 7.70. The topological polar surface area (TPSA) is 46.2 Å². The Morgan fingerprint density at radius 2 is 1.86 bits per heavy atom. The van der Waals surface area contributed by atoms with Crippen LogP contribution in [0.15, 0.2) is 53.4 Å². The minimum Gasteiger partial charge on any atom is -0.326 e. The lowest BCUT2D eigenvalue weighted by atomic mass is 10.1. The Hall–Kier alpha value is -1.78. The number of halogens is 1. The Labute approximate surface area is 132 Å². The summed E-state index contributed by atoms with van der Waals surface area (Å²) in [6.45, 7) is 1.46. The molecule has 1 amide bonds. The zero-order chi connectivity index (χ0) is 15.2. The van der Waals surface area contributed by atoms with Crippen molar-refractivity contribution < 1.29 is 9.59 Å². The second-order valence-corrected chi connectivity index (χ2v) is 5.91.